The molecule has 0 aromatic heterocycles. The summed E-state index contributed by atoms with van der Waals surface area (Å²) in [6, 6.07) is 20.5. The second-order valence-corrected chi connectivity index (χ2v) is 10.7. The standard InChI is InChI=1S/C26H27Cl2N3O4S/c1-3-23(26(33)29-2)30(17-19-10-6-4-7-11-19)25(32)18-31(24-16-20(27)14-15-22(24)28)36(34,35)21-12-8-5-9-13-21/h4-16,23H,3,17-18H2,1-2H3,(H,29,33). The minimum atomic E-state index is -4.21. The zero-order chi connectivity index (χ0) is 26.3. The zero-order valence-electron chi connectivity index (χ0n) is 19.9. The lowest BCUT2D eigenvalue weighted by Crippen LogP contribution is -2.51. The molecule has 0 fully saturated rings. The van der Waals surface area contributed by atoms with E-state index in [1.807, 2.05) is 30.3 Å². The molecule has 0 bridgehead atoms. The fourth-order valence-electron chi connectivity index (χ4n) is 3.78. The molecule has 0 aliphatic carbocycles. The van der Waals surface area contributed by atoms with Crippen molar-refractivity contribution in [1.29, 1.82) is 0 Å². The summed E-state index contributed by atoms with van der Waals surface area (Å²) in [6.07, 6.45) is 0.335. The first-order chi connectivity index (χ1) is 17.2. The fourth-order valence-corrected chi connectivity index (χ4v) is 5.66. The molecule has 3 rings (SSSR count). The summed E-state index contributed by atoms with van der Waals surface area (Å²) in [7, 11) is -2.72. The quantitative estimate of drug-likeness (QED) is 0.397. The SMILES string of the molecule is CCC(C(=O)NC)N(Cc1ccccc1)C(=O)CN(c1cc(Cl)ccc1Cl)S(=O)(=O)c1ccccc1. The van der Waals surface area contributed by atoms with Crippen LogP contribution >= 0.6 is 23.2 Å². The highest BCUT2D eigenvalue weighted by Gasteiger charge is 2.34. The molecule has 2 amide bonds. The van der Waals surface area contributed by atoms with Crippen molar-refractivity contribution in [2.75, 3.05) is 17.9 Å². The van der Waals surface area contributed by atoms with Gasteiger partial charge in [0.1, 0.15) is 12.6 Å². The van der Waals surface area contributed by atoms with Crippen LogP contribution in [-0.4, -0.2) is 44.8 Å². The lowest BCUT2D eigenvalue weighted by Gasteiger charge is -2.33. The maximum Gasteiger partial charge on any atom is 0.264 e. The molecule has 0 spiro atoms. The van der Waals surface area contributed by atoms with Gasteiger partial charge in [-0.15, -0.1) is 0 Å². The molecule has 3 aromatic rings. The molecule has 1 atom stereocenters. The van der Waals surface area contributed by atoms with Gasteiger partial charge in [-0.25, -0.2) is 8.42 Å². The van der Waals surface area contributed by atoms with E-state index in [2.05, 4.69) is 5.32 Å². The van der Waals surface area contributed by atoms with Gasteiger partial charge in [-0.2, -0.15) is 0 Å². The van der Waals surface area contributed by atoms with Gasteiger partial charge in [-0.05, 0) is 42.3 Å². The summed E-state index contributed by atoms with van der Waals surface area (Å²) in [5.41, 5.74) is 0.862. The Balaban J connectivity index is 2.08. The number of amides is 2. The highest BCUT2D eigenvalue weighted by molar-refractivity contribution is 7.92. The zero-order valence-corrected chi connectivity index (χ0v) is 22.2. The summed E-state index contributed by atoms with van der Waals surface area (Å²) < 4.78 is 28.4. The predicted molar refractivity (Wildman–Crippen MR) is 143 cm³/mol. The van der Waals surface area contributed by atoms with Crippen LogP contribution in [0.15, 0.2) is 83.8 Å². The third kappa shape index (κ3) is 6.37. The lowest BCUT2D eigenvalue weighted by atomic mass is 10.1. The Morgan fingerprint density at radius 3 is 2.14 bits per heavy atom. The second-order valence-electron chi connectivity index (χ2n) is 7.97. The summed E-state index contributed by atoms with van der Waals surface area (Å²) in [5, 5.41) is 2.96. The molecular weight excluding hydrogens is 521 g/mol. The smallest absolute Gasteiger partial charge is 0.264 e. The van der Waals surface area contributed by atoms with Crippen molar-refractivity contribution in [3.05, 3.63) is 94.5 Å². The highest BCUT2D eigenvalue weighted by Crippen LogP contribution is 2.33. The van der Waals surface area contributed by atoms with E-state index < -0.39 is 28.5 Å². The first-order valence-electron chi connectivity index (χ1n) is 11.3. The van der Waals surface area contributed by atoms with Crippen molar-refractivity contribution >= 4 is 50.7 Å². The predicted octanol–water partition coefficient (Wildman–Crippen LogP) is 4.74. The Morgan fingerprint density at radius 2 is 1.56 bits per heavy atom. The van der Waals surface area contributed by atoms with Crippen LogP contribution in [0.25, 0.3) is 0 Å². The first-order valence-corrected chi connectivity index (χ1v) is 13.5. The van der Waals surface area contributed by atoms with Crippen LogP contribution in [0.4, 0.5) is 5.69 Å². The number of hydrogen-bond acceptors (Lipinski definition) is 4. The van der Waals surface area contributed by atoms with Gasteiger partial charge >= 0.3 is 0 Å². The number of nitrogens with zero attached hydrogens (tertiary/aromatic N) is 2. The molecule has 3 aromatic carbocycles. The molecule has 0 heterocycles. The van der Waals surface area contributed by atoms with E-state index in [0.29, 0.717) is 6.42 Å². The van der Waals surface area contributed by atoms with Gasteiger partial charge < -0.3 is 10.2 Å². The largest absolute Gasteiger partial charge is 0.357 e. The Kier molecular flexibility index (Phi) is 9.37. The van der Waals surface area contributed by atoms with Gasteiger partial charge in [0, 0.05) is 18.6 Å². The number of nitrogens with one attached hydrogen (secondary N) is 1. The molecule has 10 heteroatoms. The van der Waals surface area contributed by atoms with Crippen LogP contribution in [0.5, 0.6) is 0 Å². The lowest BCUT2D eigenvalue weighted by molar-refractivity contribution is -0.140. The van der Waals surface area contributed by atoms with E-state index in [9.17, 15) is 18.0 Å². The van der Waals surface area contributed by atoms with Crippen LogP contribution in [0.2, 0.25) is 10.0 Å². The van der Waals surface area contributed by atoms with Gasteiger partial charge in [0.05, 0.1) is 15.6 Å². The number of hydrogen-bond donors (Lipinski definition) is 1. The minimum Gasteiger partial charge on any atom is -0.357 e. The van der Waals surface area contributed by atoms with Crippen molar-refractivity contribution in [3.8, 4) is 0 Å². The summed E-state index contributed by atoms with van der Waals surface area (Å²) in [6.45, 7) is 1.32. The van der Waals surface area contributed by atoms with E-state index in [1.54, 1.807) is 25.1 Å². The number of carbonyl (C=O) groups excluding carboxylic acids is 2. The Bertz CT molecular complexity index is 1310. The van der Waals surface area contributed by atoms with Gasteiger partial charge in [0.15, 0.2) is 0 Å². The number of likely N-dealkylation sites (N-methyl/N-ethyl adjacent to an activating group) is 1. The minimum absolute atomic E-state index is 0.0122. The van der Waals surface area contributed by atoms with Crippen LogP contribution in [0.1, 0.15) is 18.9 Å². The molecule has 0 saturated heterocycles. The Morgan fingerprint density at radius 1 is 0.944 bits per heavy atom. The molecule has 1 N–H and O–H groups in total. The molecule has 0 radical (unpaired) electrons. The maximum absolute atomic E-state index is 13.8. The Labute approximate surface area is 221 Å². The topological polar surface area (TPSA) is 86.8 Å². The number of benzene rings is 3. The van der Waals surface area contributed by atoms with Crippen molar-refractivity contribution in [3.63, 3.8) is 0 Å². The normalized spacial score (nSPS) is 12.0. The van der Waals surface area contributed by atoms with E-state index in [0.717, 1.165) is 9.87 Å². The van der Waals surface area contributed by atoms with Crippen molar-refractivity contribution in [2.24, 2.45) is 0 Å². The fraction of sp³-hybridized carbons (Fsp3) is 0.231. The van der Waals surface area contributed by atoms with Crippen molar-refractivity contribution < 1.29 is 18.0 Å². The monoisotopic (exact) mass is 547 g/mol. The highest BCUT2D eigenvalue weighted by atomic mass is 35.5. The van der Waals surface area contributed by atoms with Crippen LogP contribution in [-0.2, 0) is 26.2 Å². The van der Waals surface area contributed by atoms with Crippen LogP contribution in [0.3, 0.4) is 0 Å². The number of rotatable bonds is 10. The average molecular weight is 548 g/mol. The summed E-state index contributed by atoms with van der Waals surface area (Å²) >= 11 is 12.6. The molecule has 0 aliphatic heterocycles. The molecule has 0 saturated carbocycles. The first kappa shape index (κ1) is 27.5. The third-order valence-electron chi connectivity index (χ3n) is 5.62. The maximum atomic E-state index is 13.8. The van der Waals surface area contributed by atoms with Crippen molar-refractivity contribution in [1.82, 2.24) is 10.2 Å². The van der Waals surface area contributed by atoms with E-state index in [-0.39, 0.29) is 33.1 Å². The Hall–Kier alpha value is -3.07. The average Bonchev–Trinajstić information content (AvgIpc) is 2.89. The van der Waals surface area contributed by atoms with Gasteiger partial charge in [0.2, 0.25) is 11.8 Å². The van der Waals surface area contributed by atoms with E-state index in [4.69, 9.17) is 23.2 Å². The van der Waals surface area contributed by atoms with Gasteiger partial charge in [0.25, 0.3) is 10.0 Å². The molecular formula is C26H27Cl2N3O4S. The molecule has 7 nitrogen and oxygen atoms in total. The summed E-state index contributed by atoms with van der Waals surface area (Å²) in [5.74, 6) is -0.912. The van der Waals surface area contributed by atoms with Crippen LogP contribution in [0, 0.1) is 0 Å². The molecule has 0 aliphatic rings. The number of carbonyl (C=O) groups is 2. The van der Waals surface area contributed by atoms with E-state index in [1.165, 1.54) is 42.3 Å². The molecule has 1 unspecified atom stereocenters. The second kappa shape index (κ2) is 12.3. The van der Waals surface area contributed by atoms with E-state index >= 15 is 0 Å². The molecule has 190 valence electrons. The number of anilines is 1. The number of halogens is 2. The van der Waals surface area contributed by atoms with Crippen molar-refractivity contribution in [2.45, 2.75) is 30.8 Å². The number of sulfonamides is 1. The summed E-state index contributed by atoms with van der Waals surface area (Å²) in [4.78, 5) is 27.8. The molecule has 36 heavy (non-hydrogen) atoms. The van der Waals surface area contributed by atoms with Crippen LogP contribution < -0.4 is 9.62 Å². The van der Waals surface area contributed by atoms with Gasteiger partial charge in [-0.1, -0.05) is 78.7 Å². The van der Waals surface area contributed by atoms with Gasteiger partial charge in [-0.3, -0.25) is 13.9 Å². The third-order valence-corrected chi connectivity index (χ3v) is 7.94.